The Bertz CT molecular complexity index is 553. The van der Waals surface area contributed by atoms with E-state index < -0.39 is 29.6 Å². The Morgan fingerprint density at radius 3 is 2.85 bits per heavy atom. The number of halogens is 3. The number of hydrogen-bond donors (Lipinski definition) is 0. The molecule has 4 nitrogen and oxygen atoms in total. The number of nitrogens with zero attached hydrogens (tertiary/aromatic N) is 3. The van der Waals surface area contributed by atoms with Crippen LogP contribution in [-0.4, -0.2) is 40.4 Å². The average molecular weight is 285 g/mol. The van der Waals surface area contributed by atoms with Gasteiger partial charge in [-0.15, -0.1) is 0 Å². The van der Waals surface area contributed by atoms with E-state index in [1.54, 1.807) is 5.01 Å². The minimum absolute atomic E-state index is 0.00272. The number of hydrogen-bond acceptors (Lipinski definition) is 3. The molecule has 0 aromatic carbocycles. The van der Waals surface area contributed by atoms with Crippen LogP contribution in [0.1, 0.15) is 24.9 Å². The number of hydrazine groups is 1. The lowest BCUT2D eigenvalue weighted by Crippen LogP contribution is -2.39. The fourth-order valence-corrected chi connectivity index (χ4v) is 2.91. The van der Waals surface area contributed by atoms with Gasteiger partial charge in [0.25, 0.3) is 12.3 Å². The number of amides is 1. The SMILES string of the molecule is C[C@@]1(C(F)F)CN2CC[C@H](c3cncc(F)c3)N2C1=O. The van der Waals surface area contributed by atoms with Gasteiger partial charge in [-0.3, -0.25) is 14.8 Å². The maximum atomic E-state index is 13.2. The summed E-state index contributed by atoms with van der Waals surface area (Å²) in [5.74, 6) is -1.09. The highest BCUT2D eigenvalue weighted by Gasteiger charge is 2.57. The summed E-state index contributed by atoms with van der Waals surface area (Å²) in [6.45, 7) is 1.79. The molecule has 0 spiro atoms. The number of carbonyl (C=O) groups excluding carboxylic acids is 1. The van der Waals surface area contributed by atoms with Gasteiger partial charge < -0.3 is 0 Å². The number of fused-ring (bicyclic) bond motifs is 1. The van der Waals surface area contributed by atoms with Gasteiger partial charge in [-0.25, -0.2) is 18.2 Å². The third-order valence-corrected chi connectivity index (χ3v) is 4.06. The molecule has 2 atom stereocenters. The molecule has 20 heavy (non-hydrogen) atoms. The van der Waals surface area contributed by atoms with Crippen molar-refractivity contribution >= 4 is 5.91 Å². The molecular weight excluding hydrogens is 271 g/mol. The van der Waals surface area contributed by atoms with E-state index in [1.807, 2.05) is 0 Å². The van der Waals surface area contributed by atoms with Gasteiger partial charge in [0.1, 0.15) is 11.2 Å². The molecule has 2 aliphatic heterocycles. The average Bonchev–Trinajstić information content (AvgIpc) is 2.90. The molecule has 0 unspecified atom stereocenters. The first-order chi connectivity index (χ1) is 9.43. The predicted molar refractivity (Wildman–Crippen MR) is 64.1 cm³/mol. The summed E-state index contributed by atoms with van der Waals surface area (Å²) in [4.78, 5) is 16.1. The third kappa shape index (κ3) is 1.80. The zero-order valence-corrected chi connectivity index (χ0v) is 10.9. The van der Waals surface area contributed by atoms with Crippen molar-refractivity contribution in [1.29, 1.82) is 0 Å². The van der Waals surface area contributed by atoms with E-state index in [9.17, 15) is 18.0 Å². The molecule has 1 amide bonds. The zero-order chi connectivity index (χ0) is 14.5. The molecule has 2 saturated heterocycles. The quantitative estimate of drug-likeness (QED) is 0.834. The number of alkyl halides is 2. The normalized spacial score (nSPS) is 30.4. The molecule has 1 aromatic heterocycles. The van der Waals surface area contributed by atoms with Gasteiger partial charge in [-0.05, 0) is 25.0 Å². The monoisotopic (exact) mass is 285 g/mol. The van der Waals surface area contributed by atoms with Crippen LogP contribution in [0.4, 0.5) is 13.2 Å². The second kappa shape index (κ2) is 4.44. The summed E-state index contributed by atoms with van der Waals surface area (Å²) in [5.41, 5.74) is -1.14. The number of aromatic nitrogens is 1. The van der Waals surface area contributed by atoms with Crippen molar-refractivity contribution < 1.29 is 18.0 Å². The molecule has 0 bridgehead atoms. The smallest absolute Gasteiger partial charge is 0.254 e. The molecular formula is C13H14F3N3O. The lowest BCUT2D eigenvalue weighted by Gasteiger charge is -2.26. The number of rotatable bonds is 2. The van der Waals surface area contributed by atoms with Crippen molar-refractivity contribution in [2.45, 2.75) is 25.8 Å². The topological polar surface area (TPSA) is 36.4 Å². The summed E-state index contributed by atoms with van der Waals surface area (Å²) in [6, 6.07) is 0.887. The summed E-state index contributed by atoms with van der Waals surface area (Å²) in [5, 5.41) is 2.98. The van der Waals surface area contributed by atoms with Crippen LogP contribution in [-0.2, 0) is 4.79 Å². The Labute approximate surface area is 114 Å². The molecule has 0 N–H and O–H groups in total. The summed E-state index contributed by atoms with van der Waals surface area (Å²) >= 11 is 0. The second-order valence-electron chi connectivity index (χ2n) is 5.50. The van der Waals surface area contributed by atoms with Crippen molar-refractivity contribution in [3.63, 3.8) is 0 Å². The fourth-order valence-electron chi connectivity index (χ4n) is 2.91. The van der Waals surface area contributed by atoms with Crippen molar-refractivity contribution in [1.82, 2.24) is 15.0 Å². The van der Waals surface area contributed by atoms with Gasteiger partial charge in [0.15, 0.2) is 0 Å². The maximum Gasteiger partial charge on any atom is 0.254 e. The Morgan fingerprint density at radius 2 is 2.20 bits per heavy atom. The van der Waals surface area contributed by atoms with Crippen LogP contribution in [0.5, 0.6) is 0 Å². The van der Waals surface area contributed by atoms with Crippen LogP contribution in [0.25, 0.3) is 0 Å². The first-order valence-corrected chi connectivity index (χ1v) is 6.40. The lowest BCUT2D eigenvalue weighted by atomic mass is 9.90. The molecule has 2 fully saturated rings. The van der Waals surface area contributed by atoms with Gasteiger partial charge in [-0.1, -0.05) is 0 Å². The van der Waals surface area contributed by atoms with E-state index in [-0.39, 0.29) is 6.54 Å². The van der Waals surface area contributed by atoms with E-state index >= 15 is 0 Å². The Morgan fingerprint density at radius 1 is 1.45 bits per heavy atom. The van der Waals surface area contributed by atoms with Gasteiger partial charge in [-0.2, -0.15) is 0 Å². The van der Waals surface area contributed by atoms with Crippen molar-refractivity contribution in [3.05, 3.63) is 29.8 Å². The zero-order valence-electron chi connectivity index (χ0n) is 10.9. The van der Waals surface area contributed by atoms with Crippen LogP contribution in [0.15, 0.2) is 18.5 Å². The van der Waals surface area contributed by atoms with E-state index in [0.29, 0.717) is 18.5 Å². The molecule has 7 heteroatoms. The van der Waals surface area contributed by atoms with E-state index in [2.05, 4.69) is 4.98 Å². The minimum atomic E-state index is -2.72. The molecule has 2 aliphatic rings. The van der Waals surface area contributed by atoms with Gasteiger partial charge in [0.05, 0.1) is 12.2 Å². The van der Waals surface area contributed by atoms with Crippen LogP contribution < -0.4 is 0 Å². The molecule has 1 aromatic rings. The summed E-state index contributed by atoms with van der Waals surface area (Å²) in [7, 11) is 0. The van der Waals surface area contributed by atoms with Crippen molar-refractivity contribution in [2.75, 3.05) is 13.1 Å². The lowest BCUT2D eigenvalue weighted by molar-refractivity contribution is -0.147. The molecule has 3 rings (SSSR count). The fraction of sp³-hybridized carbons (Fsp3) is 0.538. The van der Waals surface area contributed by atoms with Crippen LogP contribution in [0, 0.1) is 11.2 Å². The first kappa shape index (κ1) is 13.4. The number of pyridine rings is 1. The van der Waals surface area contributed by atoms with E-state index in [4.69, 9.17) is 0 Å². The van der Waals surface area contributed by atoms with Gasteiger partial charge in [0, 0.05) is 19.3 Å². The maximum absolute atomic E-state index is 13.2. The second-order valence-corrected chi connectivity index (χ2v) is 5.50. The minimum Gasteiger partial charge on any atom is -0.272 e. The summed E-state index contributed by atoms with van der Waals surface area (Å²) < 4.78 is 39.5. The standard InChI is InChI=1S/C13H14F3N3O/c1-13(11(15)16)7-18-3-2-10(19(18)12(13)20)8-4-9(14)6-17-5-8/h4-6,10-11H,2-3,7H2,1H3/t10-,13+/m1/s1. The highest BCUT2D eigenvalue weighted by Crippen LogP contribution is 2.44. The largest absolute Gasteiger partial charge is 0.272 e. The first-order valence-electron chi connectivity index (χ1n) is 6.40. The van der Waals surface area contributed by atoms with E-state index in [0.717, 1.165) is 6.20 Å². The van der Waals surface area contributed by atoms with Gasteiger partial charge >= 0.3 is 0 Å². The predicted octanol–water partition coefficient (Wildman–Crippen LogP) is 2.00. The highest BCUT2D eigenvalue weighted by molar-refractivity contribution is 5.85. The molecule has 108 valence electrons. The Balaban J connectivity index is 1.93. The highest BCUT2D eigenvalue weighted by atomic mass is 19.3. The Kier molecular flexibility index (Phi) is 2.97. The van der Waals surface area contributed by atoms with E-state index in [1.165, 1.54) is 24.2 Å². The molecule has 0 saturated carbocycles. The molecule has 3 heterocycles. The Hall–Kier alpha value is -1.63. The van der Waals surface area contributed by atoms with Gasteiger partial charge in [0.2, 0.25) is 0 Å². The van der Waals surface area contributed by atoms with Crippen molar-refractivity contribution in [2.24, 2.45) is 5.41 Å². The van der Waals surface area contributed by atoms with Crippen molar-refractivity contribution in [3.8, 4) is 0 Å². The van der Waals surface area contributed by atoms with Crippen LogP contribution in [0.2, 0.25) is 0 Å². The number of carbonyl (C=O) groups is 1. The summed E-state index contributed by atoms with van der Waals surface area (Å²) in [6.07, 6.45) is 0.427. The molecule has 0 radical (unpaired) electrons. The molecule has 0 aliphatic carbocycles. The third-order valence-electron chi connectivity index (χ3n) is 4.06. The van der Waals surface area contributed by atoms with Crippen LogP contribution in [0.3, 0.4) is 0 Å². The van der Waals surface area contributed by atoms with Crippen LogP contribution >= 0.6 is 0 Å².